The third-order valence-electron chi connectivity index (χ3n) is 4.91. The van der Waals surface area contributed by atoms with Gasteiger partial charge in [-0.1, -0.05) is 0 Å². The highest BCUT2D eigenvalue weighted by Crippen LogP contribution is 2.35. The SMILES string of the molecule is CCN1CC(C(=O)O)C(=O)c2cc(F)c(N3CCN(C)CC3)cc21.CS(=O)(=O)O. The van der Waals surface area contributed by atoms with Crippen molar-refractivity contribution >= 4 is 33.2 Å². The van der Waals surface area contributed by atoms with Crippen LogP contribution in [0.4, 0.5) is 15.8 Å². The second kappa shape index (κ2) is 9.06. The van der Waals surface area contributed by atoms with Crippen LogP contribution in [0, 0.1) is 11.7 Å². The summed E-state index contributed by atoms with van der Waals surface area (Å²) < 4.78 is 40.5. The molecule has 1 aromatic carbocycles. The monoisotopic (exact) mass is 431 g/mol. The average molecular weight is 431 g/mol. The number of carboxylic acids is 1. The molecule has 1 saturated heterocycles. The van der Waals surface area contributed by atoms with Crippen molar-refractivity contribution in [3.8, 4) is 0 Å². The molecule has 2 aliphatic rings. The largest absolute Gasteiger partial charge is 0.481 e. The van der Waals surface area contributed by atoms with Crippen LogP contribution in [0.1, 0.15) is 17.3 Å². The Morgan fingerprint density at radius 3 is 2.24 bits per heavy atom. The number of nitrogens with zero attached hydrogens (tertiary/aromatic N) is 3. The van der Waals surface area contributed by atoms with E-state index in [1.165, 1.54) is 6.07 Å². The van der Waals surface area contributed by atoms with Gasteiger partial charge in [0.05, 0.1) is 11.9 Å². The Labute approximate surface area is 169 Å². The predicted molar refractivity (Wildman–Crippen MR) is 107 cm³/mol. The molecule has 2 aliphatic heterocycles. The van der Waals surface area contributed by atoms with E-state index in [1.807, 2.05) is 23.8 Å². The topological polar surface area (TPSA) is 118 Å². The first-order valence-corrected chi connectivity index (χ1v) is 11.0. The molecule has 0 radical (unpaired) electrons. The van der Waals surface area contributed by atoms with Gasteiger partial charge in [-0.3, -0.25) is 14.1 Å². The summed E-state index contributed by atoms with van der Waals surface area (Å²) >= 11 is 0. The number of aliphatic carboxylic acids is 1. The number of carbonyl (C=O) groups is 2. The molecule has 1 fully saturated rings. The molecule has 9 nitrogen and oxygen atoms in total. The Morgan fingerprint density at radius 1 is 1.21 bits per heavy atom. The van der Waals surface area contributed by atoms with Gasteiger partial charge in [0.1, 0.15) is 11.7 Å². The number of halogens is 1. The average Bonchev–Trinajstić information content (AvgIpc) is 2.61. The number of piperazine rings is 1. The maximum atomic E-state index is 14.6. The van der Waals surface area contributed by atoms with Crippen LogP contribution in [0.15, 0.2) is 12.1 Å². The zero-order chi connectivity index (χ0) is 21.9. The zero-order valence-electron chi connectivity index (χ0n) is 16.6. The van der Waals surface area contributed by atoms with Gasteiger partial charge in [0.2, 0.25) is 0 Å². The van der Waals surface area contributed by atoms with E-state index >= 15 is 0 Å². The van der Waals surface area contributed by atoms with E-state index in [0.29, 0.717) is 24.2 Å². The first-order chi connectivity index (χ1) is 13.4. The van der Waals surface area contributed by atoms with Crippen molar-refractivity contribution in [3.63, 3.8) is 0 Å². The van der Waals surface area contributed by atoms with Crippen LogP contribution in [0.2, 0.25) is 0 Å². The molecule has 1 unspecified atom stereocenters. The normalized spacial score (nSPS) is 20.0. The lowest BCUT2D eigenvalue weighted by Gasteiger charge is -2.37. The molecule has 11 heteroatoms. The van der Waals surface area contributed by atoms with E-state index in [2.05, 4.69) is 4.90 Å². The summed E-state index contributed by atoms with van der Waals surface area (Å²) in [6.07, 6.45) is 0.715. The Kier molecular flexibility index (Phi) is 7.20. The number of hydrogen-bond donors (Lipinski definition) is 2. The molecule has 0 amide bonds. The number of rotatable bonds is 3. The molecule has 0 bridgehead atoms. The van der Waals surface area contributed by atoms with Crippen molar-refractivity contribution in [2.75, 3.05) is 62.4 Å². The molecule has 0 aromatic heterocycles. The van der Waals surface area contributed by atoms with Crippen molar-refractivity contribution in [2.24, 2.45) is 5.92 Å². The van der Waals surface area contributed by atoms with Crippen LogP contribution < -0.4 is 9.80 Å². The third kappa shape index (κ3) is 5.87. The van der Waals surface area contributed by atoms with Gasteiger partial charge in [0.25, 0.3) is 10.1 Å². The molecule has 2 heterocycles. The molecule has 1 aromatic rings. The number of anilines is 2. The van der Waals surface area contributed by atoms with Crippen molar-refractivity contribution in [3.05, 3.63) is 23.5 Å². The highest BCUT2D eigenvalue weighted by atomic mass is 32.2. The van der Waals surface area contributed by atoms with Crippen molar-refractivity contribution in [2.45, 2.75) is 6.92 Å². The number of Topliss-reactive ketones (excluding diaryl/α,β-unsaturated/α-hetero) is 1. The van der Waals surface area contributed by atoms with Gasteiger partial charge in [0.15, 0.2) is 5.78 Å². The van der Waals surface area contributed by atoms with Crippen LogP contribution in [-0.4, -0.2) is 87.3 Å². The molecule has 162 valence electrons. The summed E-state index contributed by atoms with van der Waals surface area (Å²) in [5, 5.41) is 9.25. The van der Waals surface area contributed by atoms with Crippen LogP contribution in [0.5, 0.6) is 0 Å². The Morgan fingerprint density at radius 2 is 1.76 bits per heavy atom. The van der Waals surface area contributed by atoms with Gasteiger partial charge in [-0.25, -0.2) is 4.39 Å². The Balaban J connectivity index is 0.000000537. The van der Waals surface area contributed by atoms with Gasteiger partial charge < -0.3 is 19.8 Å². The van der Waals surface area contributed by atoms with Crippen LogP contribution in [-0.2, 0) is 14.9 Å². The summed E-state index contributed by atoms with van der Waals surface area (Å²) in [5.74, 6) is -3.27. The fraction of sp³-hybridized carbons (Fsp3) is 0.556. The van der Waals surface area contributed by atoms with E-state index < -0.39 is 33.6 Å². The van der Waals surface area contributed by atoms with Crippen LogP contribution in [0.25, 0.3) is 0 Å². The minimum Gasteiger partial charge on any atom is -0.481 e. The number of ketones is 1. The lowest BCUT2D eigenvalue weighted by atomic mass is 9.90. The maximum absolute atomic E-state index is 14.6. The number of carboxylic acid groups (broad SMARTS) is 1. The molecule has 0 aliphatic carbocycles. The first kappa shape index (κ1) is 23.0. The summed E-state index contributed by atoms with van der Waals surface area (Å²) in [5.41, 5.74) is 1.29. The van der Waals surface area contributed by atoms with E-state index in [1.54, 1.807) is 6.07 Å². The Hall–Kier alpha value is -2.24. The van der Waals surface area contributed by atoms with Gasteiger partial charge in [-0.2, -0.15) is 8.42 Å². The number of fused-ring (bicyclic) bond motifs is 1. The molecule has 1 atom stereocenters. The highest BCUT2D eigenvalue weighted by molar-refractivity contribution is 7.85. The summed E-state index contributed by atoms with van der Waals surface area (Å²) in [6.45, 7) is 5.76. The molecular formula is C18H26FN3O6S. The fourth-order valence-corrected chi connectivity index (χ4v) is 3.38. The minimum absolute atomic E-state index is 0.130. The van der Waals surface area contributed by atoms with Crippen molar-refractivity contribution < 1.29 is 32.1 Å². The molecule has 0 saturated carbocycles. The number of likely N-dealkylation sites (N-methyl/N-ethyl adjacent to an activating group) is 1. The van der Waals surface area contributed by atoms with Gasteiger partial charge >= 0.3 is 5.97 Å². The maximum Gasteiger partial charge on any atom is 0.316 e. The molecule has 3 rings (SSSR count). The lowest BCUT2D eigenvalue weighted by Crippen LogP contribution is -2.45. The smallest absolute Gasteiger partial charge is 0.316 e. The number of carbonyl (C=O) groups excluding carboxylic acids is 1. The molecule has 29 heavy (non-hydrogen) atoms. The highest BCUT2D eigenvalue weighted by Gasteiger charge is 2.37. The summed E-state index contributed by atoms with van der Waals surface area (Å²) in [7, 11) is -1.63. The van der Waals surface area contributed by atoms with E-state index in [9.17, 15) is 27.5 Å². The number of benzene rings is 1. The quantitative estimate of drug-likeness (QED) is 0.529. The lowest BCUT2D eigenvalue weighted by molar-refractivity contribution is -0.139. The minimum atomic E-state index is -3.67. The van der Waals surface area contributed by atoms with E-state index in [0.717, 1.165) is 26.2 Å². The molecule has 0 spiro atoms. The van der Waals surface area contributed by atoms with Gasteiger partial charge in [0, 0.05) is 50.5 Å². The summed E-state index contributed by atoms with van der Waals surface area (Å²) in [6, 6.07) is 2.92. The standard InChI is InChI=1S/C17H22FN3O3.CH4O3S/c1-3-20-10-12(17(23)24)16(22)11-8-13(18)15(9-14(11)20)21-6-4-19(2)5-7-21;1-5(2,3)4/h8-9,12H,3-7,10H2,1-2H3,(H,23,24);1H3,(H,2,3,4). The van der Waals surface area contributed by atoms with Gasteiger partial charge in [-0.05, 0) is 26.1 Å². The Bertz CT molecular complexity index is 876. The van der Waals surface area contributed by atoms with E-state index in [4.69, 9.17) is 4.55 Å². The van der Waals surface area contributed by atoms with Crippen LogP contribution >= 0.6 is 0 Å². The first-order valence-electron chi connectivity index (χ1n) is 9.13. The zero-order valence-corrected chi connectivity index (χ0v) is 17.4. The van der Waals surface area contributed by atoms with E-state index in [-0.39, 0.29) is 12.1 Å². The summed E-state index contributed by atoms with van der Waals surface area (Å²) in [4.78, 5) is 29.7. The second-order valence-electron chi connectivity index (χ2n) is 7.14. The number of hydrogen-bond acceptors (Lipinski definition) is 7. The van der Waals surface area contributed by atoms with Crippen molar-refractivity contribution in [1.29, 1.82) is 0 Å². The van der Waals surface area contributed by atoms with Gasteiger partial charge in [-0.15, -0.1) is 0 Å². The molecule has 2 N–H and O–H groups in total. The second-order valence-corrected chi connectivity index (χ2v) is 8.60. The third-order valence-corrected chi connectivity index (χ3v) is 4.91. The predicted octanol–water partition coefficient (Wildman–Crippen LogP) is 0.805. The molecular weight excluding hydrogens is 405 g/mol. The fourth-order valence-electron chi connectivity index (χ4n) is 3.38. The van der Waals surface area contributed by atoms with Crippen LogP contribution in [0.3, 0.4) is 0 Å². The van der Waals surface area contributed by atoms with Crippen molar-refractivity contribution in [1.82, 2.24) is 4.90 Å².